The second kappa shape index (κ2) is 21.9. The van der Waals surface area contributed by atoms with Gasteiger partial charge in [0.15, 0.2) is 12.2 Å². The Hall–Kier alpha value is -3.65. The van der Waals surface area contributed by atoms with E-state index in [0.717, 1.165) is 18.2 Å². The summed E-state index contributed by atoms with van der Waals surface area (Å²) in [5, 5.41) is 6.28. The first-order valence-corrected chi connectivity index (χ1v) is 15.3. The second-order valence-corrected chi connectivity index (χ2v) is 10.9. The number of hydrogen-bond donors (Lipinski definition) is 2. The minimum absolute atomic E-state index is 0.000566. The molecule has 3 unspecified atom stereocenters. The SMILES string of the molecule is COP(=O)(OCC(COC=O)OC=O)OCC(COC(=O)CCNCc1ccccc1)OC(=O)CCNCc1ccccc1. The molecule has 0 spiro atoms. The van der Waals surface area contributed by atoms with E-state index in [1.54, 1.807) is 0 Å². The van der Waals surface area contributed by atoms with Gasteiger partial charge in [-0.05, 0) is 11.1 Å². The van der Waals surface area contributed by atoms with Gasteiger partial charge in [0.2, 0.25) is 0 Å². The Labute approximate surface area is 256 Å². The molecule has 0 aliphatic heterocycles. The van der Waals surface area contributed by atoms with Gasteiger partial charge in [-0.1, -0.05) is 60.7 Å². The molecule has 0 aliphatic carbocycles. The molecule has 3 atom stereocenters. The van der Waals surface area contributed by atoms with Crippen LogP contribution >= 0.6 is 7.82 Å². The number of ether oxygens (including phenoxy) is 4. The van der Waals surface area contributed by atoms with E-state index in [-0.39, 0.29) is 39.0 Å². The van der Waals surface area contributed by atoms with Gasteiger partial charge in [-0.25, -0.2) is 4.57 Å². The smallest absolute Gasteiger partial charge is 0.464 e. The number of nitrogens with one attached hydrogen (secondary N) is 2. The Bertz CT molecular complexity index is 1160. The van der Waals surface area contributed by atoms with Crippen LogP contribution in [0.1, 0.15) is 24.0 Å². The summed E-state index contributed by atoms with van der Waals surface area (Å²) in [6.07, 6.45) is -2.18. The Kier molecular flexibility index (Phi) is 18.2. The summed E-state index contributed by atoms with van der Waals surface area (Å²) < 4.78 is 48.2. The number of benzene rings is 2. The summed E-state index contributed by atoms with van der Waals surface area (Å²) in [4.78, 5) is 46.0. The van der Waals surface area contributed by atoms with Crippen LogP contribution in [0.5, 0.6) is 0 Å². The number of carbonyl (C=O) groups is 4. The van der Waals surface area contributed by atoms with Gasteiger partial charge in [0, 0.05) is 33.3 Å². The maximum absolute atomic E-state index is 12.9. The highest BCUT2D eigenvalue weighted by atomic mass is 31.2. The largest absolute Gasteiger partial charge is 0.474 e. The van der Waals surface area contributed by atoms with Crippen molar-refractivity contribution in [3.63, 3.8) is 0 Å². The van der Waals surface area contributed by atoms with Gasteiger partial charge in [-0.15, -0.1) is 0 Å². The maximum Gasteiger partial charge on any atom is 0.474 e. The summed E-state index contributed by atoms with van der Waals surface area (Å²) in [5.74, 6) is -1.16. The molecule has 0 radical (unpaired) electrons. The molecule has 0 saturated heterocycles. The average molecular weight is 639 g/mol. The third kappa shape index (κ3) is 16.3. The van der Waals surface area contributed by atoms with E-state index >= 15 is 0 Å². The molecule has 0 amide bonds. The molecule has 0 aliphatic rings. The van der Waals surface area contributed by atoms with Gasteiger partial charge >= 0.3 is 19.8 Å². The summed E-state index contributed by atoms with van der Waals surface area (Å²) in [7, 11) is -3.20. The topological polar surface area (TPSA) is 174 Å². The summed E-state index contributed by atoms with van der Waals surface area (Å²) >= 11 is 0. The van der Waals surface area contributed by atoms with Crippen molar-refractivity contribution in [1.29, 1.82) is 0 Å². The molecule has 0 bridgehead atoms. The molecule has 44 heavy (non-hydrogen) atoms. The zero-order valence-electron chi connectivity index (χ0n) is 24.5. The van der Waals surface area contributed by atoms with Crippen LogP contribution in [-0.2, 0) is 69.4 Å². The number of phosphoric acid groups is 1. The van der Waals surface area contributed by atoms with Gasteiger partial charge in [-0.2, -0.15) is 0 Å². The molecule has 0 fully saturated rings. The maximum atomic E-state index is 12.9. The molecule has 242 valence electrons. The molecule has 2 rings (SSSR count). The third-order valence-corrected chi connectivity index (χ3v) is 7.12. The quantitative estimate of drug-likeness (QED) is 0.0533. The van der Waals surface area contributed by atoms with Crippen LogP contribution in [0.3, 0.4) is 0 Å². The molecule has 0 saturated carbocycles. The lowest BCUT2D eigenvalue weighted by molar-refractivity contribution is -0.161. The van der Waals surface area contributed by atoms with Crippen molar-refractivity contribution in [3.8, 4) is 0 Å². The lowest BCUT2D eigenvalue weighted by Crippen LogP contribution is -2.31. The van der Waals surface area contributed by atoms with Crippen molar-refractivity contribution in [2.24, 2.45) is 0 Å². The molecule has 2 aromatic carbocycles. The normalized spacial score (nSPS) is 13.6. The highest BCUT2D eigenvalue weighted by molar-refractivity contribution is 7.48. The van der Waals surface area contributed by atoms with Crippen molar-refractivity contribution < 1.29 is 56.3 Å². The fourth-order valence-corrected chi connectivity index (χ4v) is 4.48. The van der Waals surface area contributed by atoms with E-state index < -0.39 is 45.2 Å². The highest BCUT2D eigenvalue weighted by Gasteiger charge is 2.30. The van der Waals surface area contributed by atoms with Gasteiger partial charge in [0.1, 0.15) is 13.2 Å². The van der Waals surface area contributed by atoms with Crippen LogP contribution in [0.15, 0.2) is 60.7 Å². The number of esters is 2. The second-order valence-electron chi connectivity index (χ2n) is 9.12. The lowest BCUT2D eigenvalue weighted by atomic mass is 10.2. The lowest BCUT2D eigenvalue weighted by Gasteiger charge is -2.22. The van der Waals surface area contributed by atoms with Gasteiger partial charge < -0.3 is 29.6 Å². The van der Waals surface area contributed by atoms with Crippen LogP contribution in [0, 0.1) is 0 Å². The Morgan fingerprint density at radius 3 is 1.82 bits per heavy atom. The Balaban J connectivity index is 1.88. The number of rotatable bonds is 25. The predicted molar refractivity (Wildman–Crippen MR) is 156 cm³/mol. The Morgan fingerprint density at radius 1 is 0.750 bits per heavy atom. The van der Waals surface area contributed by atoms with Crippen LogP contribution in [0.4, 0.5) is 0 Å². The van der Waals surface area contributed by atoms with Crippen molar-refractivity contribution in [1.82, 2.24) is 10.6 Å². The van der Waals surface area contributed by atoms with Crippen molar-refractivity contribution in [3.05, 3.63) is 71.8 Å². The van der Waals surface area contributed by atoms with E-state index in [9.17, 15) is 23.7 Å². The zero-order chi connectivity index (χ0) is 31.9. The van der Waals surface area contributed by atoms with E-state index in [0.29, 0.717) is 26.2 Å². The first-order chi connectivity index (χ1) is 21.4. The fourth-order valence-electron chi connectivity index (χ4n) is 3.50. The molecule has 2 aromatic rings. The first kappa shape index (κ1) is 36.5. The number of phosphoric ester groups is 1. The van der Waals surface area contributed by atoms with Crippen molar-refractivity contribution >= 4 is 32.7 Å². The van der Waals surface area contributed by atoms with Crippen LogP contribution in [0.25, 0.3) is 0 Å². The average Bonchev–Trinajstić information content (AvgIpc) is 3.05. The van der Waals surface area contributed by atoms with Crippen molar-refractivity contribution in [2.75, 3.05) is 46.6 Å². The molecule has 0 heterocycles. The van der Waals surface area contributed by atoms with Gasteiger partial charge in [0.05, 0.1) is 26.1 Å². The standard InChI is InChI=1S/C29H39N2O12P/c1-37-44(36,41-20-26(40-23-33)18-38-22-32)42-21-27(43-29(35)13-15-31-17-25-10-6-3-7-11-25)19-39-28(34)12-14-30-16-24-8-4-2-5-9-24/h2-11,22-23,26-27,30-31H,12-21H2,1H3. The minimum atomic E-state index is -4.26. The Morgan fingerprint density at radius 2 is 1.30 bits per heavy atom. The first-order valence-electron chi connectivity index (χ1n) is 13.8. The summed E-state index contributed by atoms with van der Waals surface area (Å²) in [5.41, 5.74) is 2.11. The predicted octanol–water partition coefficient (Wildman–Crippen LogP) is 2.30. The third-order valence-electron chi connectivity index (χ3n) is 5.74. The molecule has 0 aromatic heterocycles. The van der Waals surface area contributed by atoms with E-state index in [4.69, 9.17) is 27.8 Å². The van der Waals surface area contributed by atoms with Crippen molar-refractivity contribution in [2.45, 2.75) is 38.1 Å². The van der Waals surface area contributed by atoms with Crippen LogP contribution < -0.4 is 10.6 Å². The van der Waals surface area contributed by atoms with E-state index in [1.165, 1.54) is 0 Å². The number of hydrogen-bond acceptors (Lipinski definition) is 14. The van der Waals surface area contributed by atoms with Crippen LogP contribution in [-0.4, -0.2) is 83.7 Å². The van der Waals surface area contributed by atoms with Crippen LogP contribution in [0.2, 0.25) is 0 Å². The molecular formula is C29H39N2O12P. The highest BCUT2D eigenvalue weighted by Crippen LogP contribution is 2.48. The van der Waals surface area contributed by atoms with E-state index in [1.807, 2.05) is 60.7 Å². The molecule has 14 nitrogen and oxygen atoms in total. The monoisotopic (exact) mass is 638 g/mol. The summed E-state index contributed by atoms with van der Waals surface area (Å²) in [6.45, 7) is 0.291. The summed E-state index contributed by atoms with van der Waals surface area (Å²) in [6, 6.07) is 19.3. The molecular weight excluding hydrogens is 599 g/mol. The minimum Gasteiger partial charge on any atom is -0.464 e. The van der Waals surface area contributed by atoms with E-state index in [2.05, 4.69) is 15.4 Å². The van der Waals surface area contributed by atoms with Gasteiger partial charge in [-0.3, -0.25) is 32.7 Å². The molecule has 2 N–H and O–H groups in total. The number of carbonyl (C=O) groups excluding carboxylic acids is 4. The zero-order valence-corrected chi connectivity index (χ0v) is 25.4. The fraction of sp³-hybridized carbons (Fsp3) is 0.448. The van der Waals surface area contributed by atoms with Gasteiger partial charge in [0.25, 0.3) is 12.9 Å². The molecule has 15 heteroatoms.